The second-order valence-corrected chi connectivity index (χ2v) is 13.7. The highest BCUT2D eigenvalue weighted by molar-refractivity contribution is 5.87. The van der Waals surface area contributed by atoms with Gasteiger partial charge in [0.2, 0.25) is 11.8 Å². The maximum absolute atomic E-state index is 6.06. The van der Waals surface area contributed by atoms with E-state index in [-0.39, 0.29) is 10.8 Å². The molecular formula is C39H37N5O2. The van der Waals surface area contributed by atoms with Crippen LogP contribution in [0.15, 0.2) is 103 Å². The van der Waals surface area contributed by atoms with Crippen LogP contribution < -0.4 is 9.47 Å². The van der Waals surface area contributed by atoms with Gasteiger partial charge in [0.15, 0.2) is 0 Å². The summed E-state index contributed by atoms with van der Waals surface area (Å²) in [6.45, 7) is 13.1. The fraction of sp³-hybridized carbons (Fsp3) is 0.205. The fourth-order valence-corrected chi connectivity index (χ4v) is 5.33. The molecule has 4 aromatic carbocycles. The molecule has 2 N–H and O–H groups in total. The molecule has 0 atom stereocenters. The van der Waals surface area contributed by atoms with Gasteiger partial charge in [0.25, 0.3) is 0 Å². The molecule has 7 nitrogen and oxygen atoms in total. The first kappa shape index (κ1) is 29.3. The van der Waals surface area contributed by atoms with Crippen LogP contribution in [0.5, 0.6) is 23.3 Å². The topological polar surface area (TPSA) is 88.7 Å². The number of nitrogens with zero attached hydrogens (tertiary/aromatic N) is 3. The molecule has 7 rings (SSSR count). The third kappa shape index (κ3) is 6.09. The van der Waals surface area contributed by atoms with Gasteiger partial charge < -0.3 is 19.4 Å². The largest absolute Gasteiger partial charge is 0.439 e. The third-order valence-electron chi connectivity index (χ3n) is 8.00. The molecule has 3 heterocycles. The van der Waals surface area contributed by atoms with Crippen molar-refractivity contribution in [3.05, 3.63) is 115 Å². The molecular weight excluding hydrogens is 570 g/mol. The number of rotatable bonds is 6. The van der Waals surface area contributed by atoms with Gasteiger partial charge in [0, 0.05) is 23.1 Å². The Kier molecular flexibility index (Phi) is 7.12. The number of nitrogens with one attached hydrogen (secondary N) is 2. The Morgan fingerprint density at radius 1 is 0.500 bits per heavy atom. The van der Waals surface area contributed by atoms with E-state index >= 15 is 0 Å². The van der Waals surface area contributed by atoms with Gasteiger partial charge in [-0.2, -0.15) is 4.98 Å². The number of H-pyrrole nitrogens is 2. The highest BCUT2D eigenvalue weighted by Crippen LogP contribution is 2.31. The van der Waals surface area contributed by atoms with Crippen molar-refractivity contribution in [3.63, 3.8) is 0 Å². The second-order valence-electron chi connectivity index (χ2n) is 13.7. The molecule has 0 amide bonds. The molecule has 0 aliphatic heterocycles. The van der Waals surface area contributed by atoms with Crippen LogP contribution in [0.25, 0.3) is 44.6 Å². The van der Waals surface area contributed by atoms with E-state index in [4.69, 9.17) is 19.4 Å². The highest BCUT2D eigenvalue weighted by atomic mass is 16.5. The number of pyridine rings is 1. The number of hydrogen-bond acceptors (Lipinski definition) is 5. The van der Waals surface area contributed by atoms with Crippen LogP contribution in [-0.2, 0) is 10.8 Å². The lowest BCUT2D eigenvalue weighted by atomic mass is 9.87. The molecule has 7 aromatic rings. The van der Waals surface area contributed by atoms with Crippen LogP contribution in [0.3, 0.4) is 0 Å². The molecule has 0 radical (unpaired) electrons. The lowest BCUT2D eigenvalue weighted by Gasteiger charge is -2.19. The molecule has 230 valence electrons. The van der Waals surface area contributed by atoms with Crippen LogP contribution in [-0.4, -0.2) is 24.9 Å². The van der Waals surface area contributed by atoms with E-state index < -0.39 is 0 Å². The molecule has 0 saturated heterocycles. The van der Waals surface area contributed by atoms with E-state index in [1.165, 1.54) is 5.56 Å². The maximum Gasteiger partial charge on any atom is 0.222 e. The van der Waals surface area contributed by atoms with Crippen molar-refractivity contribution in [1.82, 2.24) is 24.9 Å². The Balaban J connectivity index is 1.05. The molecule has 46 heavy (non-hydrogen) atoms. The molecule has 7 heteroatoms. The predicted octanol–water partition coefficient (Wildman–Crippen LogP) is 10.3. The van der Waals surface area contributed by atoms with Gasteiger partial charge in [-0.15, -0.1) is 0 Å². The zero-order valence-corrected chi connectivity index (χ0v) is 27.0. The first-order valence-corrected chi connectivity index (χ1v) is 15.5. The van der Waals surface area contributed by atoms with Crippen molar-refractivity contribution < 1.29 is 9.47 Å². The smallest absolute Gasteiger partial charge is 0.222 e. The van der Waals surface area contributed by atoms with Gasteiger partial charge in [0.1, 0.15) is 23.1 Å². The summed E-state index contributed by atoms with van der Waals surface area (Å²) in [6.07, 6.45) is 0. The van der Waals surface area contributed by atoms with Crippen molar-refractivity contribution >= 4 is 22.1 Å². The average molecular weight is 608 g/mol. The van der Waals surface area contributed by atoms with Crippen LogP contribution >= 0.6 is 0 Å². The molecule has 0 aliphatic rings. The second kappa shape index (κ2) is 11.2. The summed E-state index contributed by atoms with van der Waals surface area (Å²) in [5.41, 5.74) is 8.39. The third-order valence-corrected chi connectivity index (χ3v) is 8.00. The highest BCUT2D eigenvalue weighted by Gasteiger charge is 2.18. The summed E-state index contributed by atoms with van der Waals surface area (Å²) >= 11 is 0. The van der Waals surface area contributed by atoms with E-state index in [1.54, 1.807) is 0 Å². The summed E-state index contributed by atoms with van der Waals surface area (Å²) in [5.74, 6) is 4.11. The minimum atomic E-state index is -0.0363. The normalized spacial score (nSPS) is 12.1. The Hall–Kier alpha value is -5.43. The average Bonchev–Trinajstić information content (AvgIpc) is 3.66. The van der Waals surface area contributed by atoms with Crippen molar-refractivity contribution in [1.29, 1.82) is 0 Å². The molecule has 0 unspecified atom stereocenters. The first-order valence-electron chi connectivity index (χ1n) is 15.5. The number of fused-ring (bicyclic) bond motifs is 2. The van der Waals surface area contributed by atoms with Gasteiger partial charge in [0.05, 0.1) is 22.1 Å². The lowest BCUT2D eigenvalue weighted by molar-refractivity contribution is 0.426. The fourth-order valence-electron chi connectivity index (χ4n) is 5.33. The summed E-state index contributed by atoms with van der Waals surface area (Å²) < 4.78 is 12.0. The molecule has 0 spiro atoms. The minimum absolute atomic E-state index is 0.0363. The molecule has 0 fully saturated rings. The Morgan fingerprint density at radius 3 is 1.59 bits per heavy atom. The van der Waals surface area contributed by atoms with Crippen LogP contribution in [0.1, 0.15) is 52.9 Å². The van der Waals surface area contributed by atoms with Crippen molar-refractivity contribution in [3.8, 4) is 45.8 Å². The zero-order valence-electron chi connectivity index (χ0n) is 27.0. The van der Waals surface area contributed by atoms with Gasteiger partial charge in [-0.05, 0) is 82.8 Å². The maximum atomic E-state index is 6.06. The lowest BCUT2D eigenvalue weighted by Crippen LogP contribution is -2.12. The standard InChI is InChI=1S/C39H37N5O2/c1-38(2,3)27-14-18-29(19-15-27)46-35-9-7-8-34(44-35)45-28-16-10-24(11-17-28)36-40-30-20-12-25(22-32(30)41-36)26-13-21-31-33(23-26)43-37(42-31)39(4,5)6/h7-23H,1-6H3,(H,40,41)(H,42,43). The van der Waals surface area contributed by atoms with E-state index in [1.807, 2.05) is 54.6 Å². The van der Waals surface area contributed by atoms with Crippen molar-refractivity contribution in [2.24, 2.45) is 0 Å². The summed E-state index contributed by atoms with van der Waals surface area (Å²) in [5, 5.41) is 0. The molecule has 0 aliphatic carbocycles. The van der Waals surface area contributed by atoms with Crippen molar-refractivity contribution in [2.45, 2.75) is 52.4 Å². The zero-order chi connectivity index (χ0) is 32.1. The van der Waals surface area contributed by atoms with Gasteiger partial charge in [-0.3, -0.25) is 0 Å². The van der Waals surface area contributed by atoms with Gasteiger partial charge >= 0.3 is 0 Å². The molecule has 0 bridgehead atoms. The summed E-state index contributed by atoms with van der Waals surface area (Å²) in [6, 6.07) is 34.1. The molecule has 3 aromatic heterocycles. The molecule has 0 saturated carbocycles. The predicted molar refractivity (Wildman–Crippen MR) is 185 cm³/mol. The van der Waals surface area contributed by atoms with E-state index in [0.717, 1.165) is 56.2 Å². The quantitative estimate of drug-likeness (QED) is 0.196. The van der Waals surface area contributed by atoms with Gasteiger partial charge in [-0.25, -0.2) is 9.97 Å². The summed E-state index contributed by atoms with van der Waals surface area (Å²) in [4.78, 5) is 21.1. The number of imidazole rings is 2. The number of aromatic amines is 2. The number of aromatic nitrogens is 5. The number of benzene rings is 4. The van der Waals surface area contributed by atoms with Gasteiger partial charge in [-0.1, -0.05) is 71.9 Å². The van der Waals surface area contributed by atoms with Crippen LogP contribution in [0.4, 0.5) is 0 Å². The van der Waals surface area contributed by atoms with E-state index in [9.17, 15) is 0 Å². The Labute approximate surface area is 268 Å². The Bertz CT molecular complexity index is 2160. The SMILES string of the molecule is CC(C)(C)c1ccc(Oc2cccc(Oc3ccc(-c4nc5ccc(-c6ccc7nc(C(C)(C)C)[nH]c7c6)cc5[nH]4)cc3)n2)cc1. The first-order chi connectivity index (χ1) is 22.0. The minimum Gasteiger partial charge on any atom is -0.439 e. The monoisotopic (exact) mass is 607 g/mol. The van der Waals surface area contributed by atoms with Crippen LogP contribution in [0, 0.1) is 0 Å². The van der Waals surface area contributed by atoms with Crippen molar-refractivity contribution in [2.75, 3.05) is 0 Å². The summed E-state index contributed by atoms with van der Waals surface area (Å²) in [7, 11) is 0. The van der Waals surface area contributed by atoms with Crippen LogP contribution in [0.2, 0.25) is 0 Å². The number of hydrogen-bond donors (Lipinski definition) is 2. The number of ether oxygens (including phenoxy) is 2. The van der Waals surface area contributed by atoms with E-state index in [0.29, 0.717) is 17.5 Å². The van der Waals surface area contributed by atoms with E-state index in [2.05, 4.69) is 105 Å². The Morgan fingerprint density at radius 2 is 1.02 bits per heavy atom.